The summed E-state index contributed by atoms with van der Waals surface area (Å²) >= 11 is 0. The molecule has 0 aromatic heterocycles. The van der Waals surface area contributed by atoms with Crippen molar-refractivity contribution < 1.29 is 68.3 Å². The first-order valence-electron chi connectivity index (χ1n) is 14.7. The molecule has 14 nitrogen and oxygen atoms in total. The van der Waals surface area contributed by atoms with Crippen molar-refractivity contribution in [2.24, 2.45) is 0 Å². The summed E-state index contributed by atoms with van der Waals surface area (Å²) in [6.45, 7) is -1.38. The predicted molar refractivity (Wildman–Crippen MR) is 158 cm³/mol. The van der Waals surface area contributed by atoms with E-state index in [1.54, 1.807) is 54.6 Å². The van der Waals surface area contributed by atoms with Gasteiger partial charge in [-0.2, -0.15) is 0 Å². The van der Waals surface area contributed by atoms with E-state index in [1.807, 2.05) is 0 Å². The number of benzene rings is 3. The molecular formula is C33H34O14. The van der Waals surface area contributed by atoms with Crippen molar-refractivity contribution in [3.8, 4) is 0 Å². The molecule has 0 bridgehead atoms. The zero-order valence-corrected chi connectivity index (χ0v) is 24.8. The van der Waals surface area contributed by atoms with Gasteiger partial charge in [-0.05, 0) is 36.4 Å². The Morgan fingerprint density at radius 2 is 1.06 bits per heavy atom. The quantitative estimate of drug-likeness (QED) is 0.146. The second-order valence-electron chi connectivity index (χ2n) is 10.8. The molecule has 0 unspecified atom stereocenters. The first-order valence-corrected chi connectivity index (χ1v) is 14.7. The SMILES string of the molecule is O=C(OC[C@H]1O[C@H](O)[C@H](OC(=O)c2ccccc2)[C@@H](OC(=O)c2ccccc2)[C@H]1O[C@H]1O[C@H](CO)[C@H](O)[C@H](O)[C@H]1O)c1ccccc1. The van der Waals surface area contributed by atoms with E-state index in [4.69, 9.17) is 28.4 Å². The van der Waals surface area contributed by atoms with E-state index in [1.165, 1.54) is 36.4 Å². The number of aliphatic hydroxyl groups excluding tert-OH is 5. The van der Waals surface area contributed by atoms with Gasteiger partial charge in [0, 0.05) is 0 Å². The van der Waals surface area contributed by atoms with E-state index in [0.717, 1.165) is 0 Å². The Bertz CT molecular complexity index is 1470. The van der Waals surface area contributed by atoms with Crippen LogP contribution in [0.2, 0.25) is 0 Å². The molecular weight excluding hydrogens is 620 g/mol. The number of aliphatic hydroxyl groups is 5. The molecule has 14 heteroatoms. The first-order chi connectivity index (χ1) is 22.7. The van der Waals surface area contributed by atoms with Gasteiger partial charge in [0.2, 0.25) is 0 Å². The van der Waals surface area contributed by atoms with Gasteiger partial charge in [-0.3, -0.25) is 0 Å². The van der Waals surface area contributed by atoms with Crippen LogP contribution in [-0.4, -0.2) is 118 Å². The third-order valence-electron chi connectivity index (χ3n) is 7.64. The molecule has 5 rings (SSSR count). The molecule has 0 radical (unpaired) electrons. The molecule has 0 aliphatic carbocycles. The smallest absolute Gasteiger partial charge is 0.338 e. The second-order valence-corrected chi connectivity index (χ2v) is 10.8. The van der Waals surface area contributed by atoms with Crippen LogP contribution in [0.15, 0.2) is 91.0 Å². The lowest BCUT2D eigenvalue weighted by Crippen LogP contribution is -2.65. The molecule has 250 valence electrons. The van der Waals surface area contributed by atoms with Gasteiger partial charge >= 0.3 is 17.9 Å². The van der Waals surface area contributed by atoms with Crippen molar-refractivity contribution in [1.29, 1.82) is 0 Å². The lowest BCUT2D eigenvalue weighted by atomic mass is 9.96. The number of carbonyl (C=O) groups excluding carboxylic acids is 3. The summed E-state index contributed by atoms with van der Waals surface area (Å²) in [4.78, 5) is 39.3. The fraction of sp³-hybridized carbons (Fsp3) is 0.364. The molecule has 2 aliphatic heterocycles. The van der Waals surface area contributed by atoms with Crippen LogP contribution in [0.25, 0.3) is 0 Å². The maximum Gasteiger partial charge on any atom is 0.338 e. The van der Waals surface area contributed by atoms with Crippen molar-refractivity contribution in [2.45, 2.75) is 61.4 Å². The normalized spacial score (nSPS) is 30.6. The van der Waals surface area contributed by atoms with E-state index in [0.29, 0.717) is 0 Å². The number of hydrogen-bond acceptors (Lipinski definition) is 14. The maximum absolute atomic E-state index is 13.4. The molecule has 47 heavy (non-hydrogen) atoms. The van der Waals surface area contributed by atoms with Gasteiger partial charge in [0.05, 0.1) is 23.3 Å². The third kappa shape index (κ3) is 8.01. The Morgan fingerprint density at radius 1 is 0.574 bits per heavy atom. The minimum Gasteiger partial charge on any atom is -0.459 e. The summed E-state index contributed by atoms with van der Waals surface area (Å²) in [6, 6.07) is 23.4. The van der Waals surface area contributed by atoms with Crippen LogP contribution in [0.3, 0.4) is 0 Å². The van der Waals surface area contributed by atoms with Crippen LogP contribution in [0.4, 0.5) is 0 Å². The number of ether oxygens (including phenoxy) is 6. The van der Waals surface area contributed by atoms with Crippen molar-refractivity contribution in [1.82, 2.24) is 0 Å². The molecule has 2 saturated heterocycles. The zero-order valence-electron chi connectivity index (χ0n) is 24.8. The summed E-state index contributed by atoms with van der Waals surface area (Å²) in [5, 5.41) is 52.3. The lowest BCUT2D eigenvalue weighted by molar-refractivity contribution is -0.353. The van der Waals surface area contributed by atoms with Crippen LogP contribution in [0.5, 0.6) is 0 Å². The molecule has 2 heterocycles. The Balaban J connectivity index is 1.49. The Labute approximate surface area is 268 Å². The third-order valence-corrected chi connectivity index (χ3v) is 7.64. The number of rotatable bonds is 10. The topological polar surface area (TPSA) is 208 Å². The highest BCUT2D eigenvalue weighted by atomic mass is 16.7. The molecule has 0 spiro atoms. The van der Waals surface area contributed by atoms with Crippen molar-refractivity contribution in [2.75, 3.05) is 13.2 Å². The van der Waals surface area contributed by atoms with Gasteiger partial charge in [0.1, 0.15) is 43.2 Å². The molecule has 2 fully saturated rings. The van der Waals surface area contributed by atoms with E-state index in [2.05, 4.69) is 0 Å². The van der Waals surface area contributed by atoms with E-state index < -0.39 is 92.5 Å². The highest BCUT2D eigenvalue weighted by Crippen LogP contribution is 2.33. The highest BCUT2D eigenvalue weighted by Gasteiger charge is 2.54. The molecule has 0 amide bonds. The highest BCUT2D eigenvalue weighted by molar-refractivity contribution is 5.90. The molecule has 2 aliphatic rings. The minimum atomic E-state index is -1.95. The number of esters is 3. The van der Waals surface area contributed by atoms with Crippen LogP contribution < -0.4 is 0 Å². The standard InChI is InChI=1S/C33H34O14/c34-16-21-23(35)24(36)25(37)33(44-21)47-26-22(17-42-29(38)18-10-4-1-5-11-18)43-32(41)28(46-31(40)20-14-8-3-9-15-20)27(26)45-30(39)19-12-6-2-7-13-19/h1-15,21-28,32-37,41H,16-17H2/t21-,22-,23+,24+,25-,26+,27+,28-,32+,33-/m1/s1. The summed E-state index contributed by atoms with van der Waals surface area (Å²) in [5.74, 6) is -2.61. The monoisotopic (exact) mass is 654 g/mol. The molecule has 3 aromatic carbocycles. The van der Waals surface area contributed by atoms with Crippen molar-refractivity contribution in [3.05, 3.63) is 108 Å². The first kappa shape index (κ1) is 34.1. The average Bonchev–Trinajstić information content (AvgIpc) is 3.10. The van der Waals surface area contributed by atoms with E-state index in [-0.39, 0.29) is 16.7 Å². The van der Waals surface area contributed by atoms with Crippen LogP contribution >= 0.6 is 0 Å². The largest absolute Gasteiger partial charge is 0.459 e. The Morgan fingerprint density at radius 3 is 1.57 bits per heavy atom. The summed E-state index contributed by atoms with van der Waals surface area (Å²) in [7, 11) is 0. The number of carbonyl (C=O) groups is 3. The molecule has 5 N–H and O–H groups in total. The molecule has 0 saturated carbocycles. The predicted octanol–water partition coefficient (Wildman–Crippen LogP) is 0.197. The second kappa shape index (κ2) is 15.6. The van der Waals surface area contributed by atoms with Gasteiger partial charge in [-0.25, -0.2) is 14.4 Å². The van der Waals surface area contributed by atoms with Gasteiger partial charge in [0.25, 0.3) is 0 Å². The van der Waals surface area contributed by atoms with Gasteiger partial charge < -0.3 is 54.0 Å². The summed E-state index contributed by atoms with van der Waals surface area (Å²) in [6.07, 6.45) is -17.1. The molecule has 10 atom stereocenters. The van der Waals surface area contributed by atoms with Crippen molar-refractivity contribution >= 4 is 17.9 Å². The van der Waals surface area contributed by atoms with Gasteiger partial charge in [0.15, 0.2) is 24.8 Å². The Hall–Kier alpha value is -4.25. The van der Waals surface area contributed by atoms with Gasteiger partial charge in [-0.15, -0.1) is 0 Å². The van der Waals surface area contributed by atoms with Gasteiger partial charge in [-0.1, -0.05) is 54.6 Å². The van der Waals surface area contributed by atoms with Crippen LogP contribution in [0.1, 0.15) is 31.1 Å². The van der Waals surface area contributed by atoms with Crippen LogP contribution in [-0.2, 0) is 28.4 Å². The maximum atomic E-state index is 13.4. The fourth-order valence-corrected chi connectivity index (χ4v) is 5.14. The van der Waals surface area contributed by atoms with E-state index in [9.17, 15) is 39.9 Å². The average molecular weight is 655 g/mol. The molecule has 3 aromatic rings. The Kier molecular flexibility index (Phi) is 11.3. The minimum absolute atomic E-state index is 0.0836. The summed E-state index contributed by atoms with van der Waals surface area (Å²) < 4.78 is 34.1. The fourth-order valence-electron chi connectivity index (χ4n) is 5.14. The van der Waals surface area contributed by atoms with E-state index >= 15 is 0 Å². The lowest BCUT2D eigenvalue weighted by Gasteiger charge is -2.46. The zero-order chi connectivity index (χ0) is 33.5. The summed E-state index contributed by atoms with van der Waals surface area (Å²) in [5.41, 5.74) is 0.371. The number of hydrogen-bond donors (Lipinski definition) is 5. The van der Waals surface area contributed by atoms with Crippen LogP contribution in [0, 0.1) is 0 Å². The van der Waals surface area contributed by atoms with Crippen molar-refractivity contribution in [3.63, 3.8) is 0 Å².